The molecule has 0 saturated carbocycles. The first-order valence-corrected chi connectivity index (χ1v) is 27.2. The Morgan fingerprint density at radius 1 is 0.458 bits per heavy atom. The van der Waals surface area contributed by atoms with E-state index >= 15 is 0 Å². The van der Waals surface area contributed by atoms with Crippen LogP contribution in [0.3, 0.4) is 0 Å². The normalized spacial score (nSPS) is 10.3. The highest BCUT2D eigenvalue weighted by atomic mass is 79.9. The largest absolute Gasteiger partial charge is 0.459 e. The molecule has 0 N–H and O–H groups in total. The molecular formula is C53H51BrClFN4O8S4. The minimum Gasteiger partial charge on any atom is -0.459 e. The lowest BCUT2D eigenvalue weighted by Crippen LogP contribution is -2.02. The van der Waals surface area contributed by atoms with Gasteiger partial charge in [-0.3, -0.25) is 19.2 Å². The lowest BCUT2D eigenvalue weighted by molar-refractivity contribution is -0.145. The van der Waals surface area contributed by atoms with Gasteiger partial charge in [0.15, 0.2) is 0 Å². The van der Waals surface area contributed by atoms with Gasteiger partial charge in [0.2, 0.25) is 0 Å². The number of halogens is 3. The van der Waals surface area contributed by atoms with Crippen LogP contribution in [0, 0.1) is 12.7 Å². The Bertz CT molecular complexity index is 2540. The number of benzene rings is 4. The van der Waals surface area contributed by atoms with Gasteiger partial charge in [-0.1, -0.05) is 109 Å². The molecule has 0 radical (unpaired) electrons. The van der Waals surface area contributed by atoms with Gasteiger partial charge in [-0.05, 0) is 55.5 Å². The smallest absolute Gasteiger partial charge is 0.305 e. The highest BCUT2D eigenvalue weighted by molar-refractivity contribution is 9.10. The summed E-state index contributed by atoms with van der Waals surface area (Å²) >= 11 is 15.3. The van der Waals surface area contributed by atoms with E-state index in [2.05, 4.69) is 67.1 Å². The summed E-state index contributed by atoms with van der Waals surface area (Å²) in [5.74, 6) is -1.12. The van der Waals surface area contributed by atoms with Crippen molar-refractivity contribution in [2.45, 2.75) is 86.7 Å². The molecule has 0 fully saturated rings. The van der Waals surface area contributed by atoms with Crippen molar-refractivity contribution in [2.75, 3.05) is 0 Å². The van der Waals surface area contributed by atoms with Crippen molar-refractivity contribution in [3.8, 4) is 42.3 Å². The molecule has 8 rings (SSSR count). The van der Waals surface area contributed by atoms with Crippen LogP contribution in [0.2, 0.25) is 5.02 Å². The zero-order valence-electron chi connectivity index (χ0n) is 40.0. The number of nitrogens with zero attached hydrogens (tertiary/aromatic N) is 4. The number of esters is 4. The fourth-order valence-electron chi connectivity index (χ4n) is 5.52. The van der Waals surface area contributed by atoms with E-state index in [0.29, 0.717) is 36.4 Å². The van der Waals surface area contributed by atoms with Gasteiger partial charge in [0.1, 0.15) is 52.3 Å². The Labute approximate surface area is 447 Å². The molecule has 0 saturated heterocycles. The fourth-order valence-corrected chi connectivity index (χ4v) is 9.16. The van der Waals surface area contributed by atoms with Crippen molar-refractivity contribution in [2.24, 2.45) is 0 Å². The van der Waals surface area contributed by atoms with E-state index in [0.717, 1.165) is 63.8 Å². The van der Waals surface area contributed by atoms with Gasteiger partial charge < -0.3 is 18.9 Å². The van der Waals surface area contributed by atoms with Gasteiger partial charge in [0.05, 0.1) is 22.8 Å². The zero-order valence-corrected chi connectivity index (χ0v) is 45.6. The van der Waals surface area contributed by atoms with E-state index in [4.69, 9.17) is 30.5 Å². The Kier molecular flexibility index (Phi) is 23.8. The highest BCUT2D eigenvalue weighted by Gasteiger charge is 2.11. The van der Waals surface area contributed by atoms with Gasteiger partial charge in [-0.15, -0.1) is 45.3 Å². The van der Waals surface area contributed by atoms with Crippen LogP contribution in [0.25, 0.3) is 42.3 Å². The summed E-state index contributed by atoms with van der Waals surface area (Å²) in [5, 5.41) is 11.9. The maximum atomic E-state index is 12.8. The second-order valence-electron chi connectivity index (χ2n) is 15.0. The molecule has 0 aliphatic carbocycles. The molecule has 12 nitrogen and oxygen atoms in total. The second-order valence-corrected chi connectivity index (χ2v) is 19.8. The summed E-state index contributed by atoms with van der Waals surface area (Å²) in [6, 6.07) is 29.8. The van der Waals surface area contributed by atoms with E-state index in [1.807, 2.05) is 70.1 Å². The van der Waals surface area contributed by atoms with Gasteiger partial charge in [0, 0.05) is 79.0 Å². The molecule has 0 atom stereocenters. The molecule has 0 amide bonds. The van der Waals surface area contributed by atoms with Crippen LogP contribution in [-0.2, 0) is 64.6 Å². The second kappa shape index (κ2) is 30.1. The highest BCUT2D eigenvalue weighted by Crippen LogP contribution is 2.28. The van der Waals surface area contributed by atoms with Crippen LogP contribution >= 0.6 is 72.9 Å². The van der Waals surface area contributed by atoms with E-state index in [-0.39, 0.29) is 56.1 Å². The van der Waals surface area contributed by atoms with Crippen molar-refractivity contribution >= 4 is 96.8 Å². The van der Waals surface area contributed by atoms with Crippen molar-refractivity contribution in [1.82, 2.24) is 19.9 Å². The number of aromatic nitrogens is 4. The third-order valence-electron chi connectivity index (χ3n) is 9.46. The Balaban J connectivity index is 0.000000178. The maximum absolute atomic E-state index is 12.8. The average molecular weight is 1130 g/mol. The van der Waals surface area contributed by atoms with E-state index < -0.39 is 0 Å². The number of aryl methyl sites for hydroxylation is 1. The van der Waals surface area contributed by atoms with Crippen LogP contribution in [0.15, 0.2) is 123 Å². The lowest BCUT2D eigenvalue weighted by Gasteiger charge is -1.99. The topological polar surface area (TPSA) is 157 Å². The molecule has 376 valence electrons. The number of carbonyl (C=O) groups excluding carboxylic acids is 4. The molecule has 0 spiro atoms. The Morgan fingerprint density at radius 3 is 1.01 bits per heavy atom. The van der Waals surface area contributed by atoms with Crippen LogP contribution < -0.4 is 0 Å². The van der Waals surface area contributed by atoms with Crippen molar-refractivity contribution in [3.63, 3.8) is 0 Å². The molecule has 4 heterocycles. The van der Waals surface area contributed by atoms with E-state index in [9.17, 15) is 23.6 Å². The predicted molar refractivity (Wildman–Crippen MR) is 288 cm³/mol. The standard InChI is InChI=1S/C14H15NO2S.C13H12BrNO2S.C13H12ClNO2S.C13H12FNO2S/c1-3-13(16)17-8-12-9-18-14(15-12)11-6-4-10(2)5-7-11;3*1-2-12(16)17-7-11-8-18-13(15-11)9-3-5-10(14)6-4-9/h4-7,9H,3,8H2,1-2H3;3*3-6,8H,2,7H2,1H3. The number of hydrogen-bond acceptors (Lipinski definition) is 16. The van der Waals surface area contributed by atoms with Crippen molar-refractivity contribution < 1.29 is 42.5 Å². The molecule has 4 aromatic heterocycles. The third kappa shape index (κ3) is 19.5. The molecular weight excluding hydrogens is 1080 g/mol. The zero-order chi connectivity index (χ0) is 51.8. The summed E-state index contributed by atoms with van der Waals surface area (Å²) in [7, 11) is 0. The number of ether oxygens (including phenoxy) is 4. The summed E-state index contributed by atoms with van der Waals surface area (Å²) in [6.45, 7) is 10.0. The van der Waals surface area contributed by atoms with Crippen molar-refractivity contribution in [3.05, 3.63) is 162 Å². The predicted octanol–water partition coefficient (Wildman–Crippen LogP) is 14.9. The summed E-state index contributed by atoms with van der Waals surface area (Å²) in [4.78, 5) is 61.8. The Morgan fingerprint density at radius 2 is 0.722 bits per heavy atom. The quantitative estimate of drug-likeness (QED) is 0.0667. The first kappa shape index (κ1) is 56.9. The van der Waals surface area contributed by atoms with Gasteiger partial charge in [-0.25, -0.2) is 24.3 Å². The maximum Gasteiger partial charge on any atom is 0.305 e. The molecule has 4 aromatic carbocycles. The molecule has 8 aromatic rings. The monoisotopic (exact) mass is 1130 g/mol. The fraction of sp³-hybridized carbons (Fsp3) is 0.245. The minimum atomic E-state index is -0.271. The molecule has 0 aliphatic rings. The summed E-state index contributed by atoms with van der Waals surface area (Å²) in [5.41, 5.74) is 8.33. The van der Waals surface area contributed by atoms with E-state index in [1.54, 1.807) is 62.5 Å². The molecule has 0 unspecified atom stereocenters. The minimum absolute atomic E-state index is 0.185. The van der Waals surface area contributed by atoms with Crippen LogP contribution in [0.4, 0.5) is 4.39 Å². The van der Waals surface area contributed by atoms with Crippen LogP contribution in [0.5, 0.6) is 0 Å². The van der Waals surface area contributed by atoms with Crippen molar-refractivity contribution in [1.29, 1.82) is 0 Å². The van der Waals surface area contributed by atoms with Crippen LogP contribution in [-0.4, -0.2) is 43.8 Å². The first-order valence-electron chi connectivity index (χ1n) is 22.5. The average Bonchev–Trinajstić information content (AvgIpc) is 4.26. The molecule has 0 aliphatic heterocycles. The summed E-state index contributed by atoms with van der Waals surface area (Å²) < 4.78 is 33.9. The number of rotatable bonds is 16. The number of thiazole rings is 4. The number of carbonyl (C=O) groups is 4. The summed E-state index contributed by atoms with van der Waals surface area (Å²) in [6.07, 6.45) is 1.53. The van der Waals surface area contributed by atoms with Gasteiger partial charge in [0.25, 0.3) is 0 Å². The number of hydrogen-bond donors (Lipinski definition) is 0. The molecule has 72 heavy (non-hydrogen) atoms. The SMILES string of the molecule is CCC(=O)OCc1csc(-c2ccc(Br)cc2)n1.CCC(=O)OCc1csc(-c2ccc(C)cc2)n1.CCC(=O)OCc1csc(-c2ccc(Cl)cc2)n1.CCC(=O)OCc1csc(-c2ccc(F)cc2)n1. The third-order valence-corrected chi connectivity index (χ3v) is 14.0. The van der Waals surface area contributed by atoms with Gasteiger partial charge >= 0.3 is 23.9 Å². The lowest BCUT2D eigenvalue weighted by atomic mass is 10.2. The van der Waals surface area contributed by atoms with Gasteiger partial charge in [-0.2, -0.15) is 0 Å². The molecule has 0 bridgehead atoms. The van der Waals surface area contributed by atoms with E-state index in [1.165, 1.54) is 40.4 Å². The molecule has 19 heteroatoms. The van der Waals surface area contributed by atoms with Crippen LogP contribution in [0.1, 0.15) is 81.7 Å². The first-order chi connectivity index (χ1) is 34.7. The Hall–Kier alpha value is -6.02.